The van der Waals surface area contributed by atoms with E-state index in [0.29, 0.717) is 5.56 Å². The van der Waals surface area contributed by atoms with E-state index >= 15 is 0 Å². The molecule has 0 bridgehead atoms. The van der Waals surface area contributed by atoms with Crippen molar-refractivity contribution in [1.82, 2.24) is 9.78 Å². The molecule has 1 atom stereocenters. The van der Waals surface area contributed by atoms with E-state index < -0.39 is 0 Å². The van der Waals surface area contributed by atoms with E-state index in [9.17, 15) is 4.79 Å². The Kier molecular flexibility index (Phi) is 2.88. The molecular formula is C14H16N2O2. The first-order chi connectivity index (χ1) is 8.81. The van der Waals surface area contributed by atoms with E-state index in [1.807, 2.05) is 29.8 Å². The molecule has 94 valence electrons. The number of benzene rings is 1. The van der Waals surface area contributed by atoms with Crippen molar-refractivity contribution >= 4 is 17.2 Å². The van der Waals surface area contributed by atoms with E-state index in [-0.39, 0.29) is 6.23 Å². The predicted octanol–water partition coefficient (Wildman–Crippen LogP) is 2.86. The van der Waals surface area contributed by atoms with Crippen molar-refractivity contribution in [1.29, 1.82) is 0 Å². The normalized spacial score (nSPS) is 20.2. The molecule has 0 aliphatic carbocycles. The van der Waals surface area contributed by atoms with Gasteiger partial charge in [-0.15, -0.1) is 0 Å². The molecule has 0 saturated carbocycles. The number of fused-ring (bicyclic) bond motifs is 1. The van der Waals surface area contributed by atoms with Crippen LogP contribution in [0.3, 0.4) is 0 Å². The van der Waals surface area contributed by atoms with Crippen LogP contribution in [-0.4, -0.2) is 22.7 Å². The van der Waals surface area contributed by atoms with Gasteiger partial charge in [0.05, 0.1) is 11.2 Å². The van der Waals surface area contributed by atoms with Gasteiger partial charge in [0.2, 0.25) is 0 Å². The highest BCUT2D eigenvalue weighted by Crippen LogP contribution is 2.29. The fraction of sp³-hybridized carbons (Fsp3) is 0.429. The van der Waals surface area contributed by atoms with Crippen LogP contribution < -0.4 is 0 Å². The van der Waals surface area contributed by atoms with Crippen LogP contribution in [-0.2, 0) is 4.74 Å². The minimum atomic E-state index is 0.0110. The van der Waals surface area contributed by atoms with E-state index in [1.165, 1.54) is 6.42 Å². The quantitative estimate of drug-likeness (QED) is 0.763. The number of nitrogens with zero attached hydrogens (tertiary/aromatic N) is 2. The number of hydrogen-bond donors (Lipinski definition) is 0. The van der Waals surface area contributed by atoms with Gasteiger partial charge in [-0.25, -0.2) is 4.68 Å². The van der Waals surface area contributed by atoms with Crippen molar-refractivity contribution in [2.45, 2.75) is 32.4 Å². The number of hydrogen-bond acceptors (Lipinski definition) is 3. The number of aryl methyl sites for hydroxylation is 1. The molecule has 1 aromatic carbocycles. The largest absolute Gasteiger partial charge is 0.356 e. The molecule has 0 radical (unpaired) electrons. The smallest absolute Gasteiger partial charge is 0.150 e. The summed E-state index contributed by atoms with van der Waals surface area (Å²) in [6, 6.07) is 5.73. The minimum absolute atomic E-state index is 0.0110. The Morgan fingerprint density at radius 2 is 2.33 bits per heavy atom. The second-order valence-corrected chi connectivity index (χ2v) is 4.71. The molecule has 1 unspecified atom stereocenters. The highest BCUT2D eigenvalue weighted by Gasteiger charge is 2.20. The number of carbonyl (C=O) groups excluding carboxylic acids is 1. The topological polar surface area (TPSA) is 44.1 Å². The Morgan fingerprint density at radius 3 is 3.06 bits per heavy atom. The van der Waals surface area contributed by atoms with Crippen LogP contribution in [0.15, 0.2) is 18.2 Å². The summed E-state index contributed by atoms with van der Waals surface area (Å²) >= 11 is 0. The van der Waals surface area contributed by atoms with Crippen LogP contribution in [0.4, 0.5) is 0 Å². The van der Waals surface area contributed by atoms with Gasteiger partial charge >= 0.3 is 0 Å². The number of rotatable bonds is 2. The molecule has 1 aromatic heterocycles. The summed E-state index contributed by atoms with van der Waals surface area (Å²) in [6.07, 6.45) is 4.17. The first kappa shape index (κ1) is 11.4. The van der Waals surface area contributed by atoms with Gasteiger partial charge in [-0.1, -0.05) is 12.1 Å². The lowest BCUT2D eigenvalue weighted by molar-refractivity contribution is -0.0368. The standard InChI is InChI=1S/C14H16N2O2/c1-10-14-11(9-17)5-4-6-12(14)16(15-10)13-7-2-3-8-18-13/h4-6,9,13H,2-3,7-8H2,1H3. The number of aldehydes is 1. The molecule has 1 saturated heterocycles. The second kappa shape index (κ2) is 4.53. The van der Waals surface area contributed by atoms with Crippen LogP contribution in [0.25, 0.3) is 10.9 Å². The van der Waals surface area contributed by atoms with Crippen molar-refractivity contribution in [3.05, 3.63) is 29.5 Å². The molecule has 0 N–H and O–H groups in total. The molecule has 3 rings (SSSR count). The van der Waals surface area contributed by atoms with Gasteiger partial charge < -0.3 is 4.74 Å². The monoisotopic (exact) mass is 244 g/mol. The third-order valence-electron chi connectivity index (χ3n) is 3.50. The average Bonchev–Trinajstić information content (AvgIpc) is 2.77. The zero-order chi connectivity index (χ0) is 12.5. The number of ether oxygens (including phenoxy) is 1. The van der Waals surface area contributed by atoms with Gasteiger partial charge in [0.15, 0.2) is 12.5 Å². The molecule has 18 heavy (non-hydrogen) atoms. The lowest BCUT2D eigenvalue weighted by Gasteiger charge is -2.23. The van der Waals surface area contributed by atoms with Crippen molar-refractivity contribution in [3.8, 4) is 0 Å². The summed E-state index contributed by atoms with van der Waals surface area (Å²) in [7, 11) is 0. The maximum Gasteiger partial charge on any atom is 0.150 e. The van der Waals surface area contributed by atoms with E-state index in [0.717, 1.165) is 42.3 Å². The van der Waals surface area contributed by atoms with Gasteiger partial charge in [-0.3, -0.25) is 4.79 Å². The molecule has 4 nitrogen and oxygen atoms in total. The highest BCUT2D eigenvalue weighted by atomic mass is 16.5. The maximum absolute atomic E-state index is 11.1. The molecule has 1 aliphatic rings. The van der Waals surface area contributed by atoms with Crippen molar-refractivity contribution < 1.29 is 9.53 Å². The fourth-order valence-corrected chi connectivity index (χ4v) is 2.64. The lowest BCUT2D eigenvalue weighted by Crippen LogP contribution is -2.19. The van der Waals surface area contributed by atoms with Crippen LogP contribution in [0, 0.1) is 6.92 Å². The summed E-state index contributed by atoms with van der Waals surface area (Å²) in [5.41, 5.74) is 2.58. The first-order valence-corrected chi connectivity index (χ1v) is 6.36. The Morgan fingerprint density at radius 1 is 1.44 bits per heavy atom. The zero-order valence-corrected chi connectivity index (χ0v) is 10.4. The van der Waals surface area contributed by atoms with Crippen LogP contribution in [0.2, 0.25) is 0 Å². The van der Waals surface area contributed by atoms with Crippen LogP contribution in [0.1, 0.15) is 41.5 Å². The van der Waals surface area contributed by atoms with Gasteiger partial charge in [0.25, 0.3) is 0 Å². The SMILES string of the molecule is Cc1nn(C2CCCCO2)c2cccc(C=O)c12. The van der Waals surface area contributed by atoms with Crippen molar-refractivity contribution in [2.24, 2.45) is 0 Å². The molecule has 1 fully saturated rings. The van der Waals surface area contributed by atoms with Crippen molar-refractivity contribution in [2.75, 3.05) is 6.61 Å². The summed E-state index contributed by atoms with van der Waals surface area (Å²) in [4.78, 5) is 11.1. The van der Waals surface area contributed by atoms with Gasteiger partial charge in [-0.05, 0) is 32.3 Å². The van der Waals surface area contributed by atoms with Crippen LogP contribution in [0.5, 0.6) is 0 Å². The van der Waals surface area contributed by atoms with Gasteiger partial charge in [0, 0.05) is 17.6 Å². The fourth-order valence-electron chi connectivity index (χ4n) is 2.64. The first-order valence-electron chi connectivity index (χ1n) is 6.36. The van der Waals surface area contributed by atoms with Crippen molar-refractivity contribution in [3.63, 3.8) is 0 Å². The Balaban J connectivity index is 2.15. The van der Waals surface area contributed by atoms with Gasteiger partial charge in [-0.2, -0.15) is 5.10 Å². The molecule has 2 heterocycles. The number of aromatic nitrogens is 2. The highest BCUT2D eigenvalue weighted by molar-refractivity contribution is 5.98. The average molecular weight is 244 g/mol. The number of carbonyl (C=O) groups is 1. The van der Waals surface area contributed by atoms with E-state index in [4.69, 9.17) is 4.74 Å². The maximum atomic E-state index is 11.1. The molecule has 0 spiro atoms. The molecule has 2 aromatic rings. The van der Waals surface area contributed by atoms with Gasteiger partial charge in [0.1, 0.15) is 0 Å². The lowest BCUT2D eigenvalue weighted by atomic mass is 10.1. The summed E-state index contributed by atoms with van der Waals surface area (Å²) in [5, 5.41) is 5.50. The molecular weight excluding hydrogens is 228 g/mol. The predicted molar refractivity (Wildman–Crippen MR) is 68.7 cm³/mol. The molecule has 1 aliphatic heterocycles. The third-order valence-corrected chi connectivity index (χ3v) is 3.50. The Bertz CT molecular complexity index is 583. The third kappa shape index (κ3) is 1.73. The van der Waals surface area contributed by atoms with E-state index in [1.54, 1.807) is 0 Å². The Hall–Kier alpha value is -1.68. The second-order valence-electron chi connectivity index (χ2n) is 4.71. The Labute approximate surface area is 106 Å². The zero-order valence-electron chi connectivity index (χ0n) is 10.4. The summed E-state index contributed by atoms with van der Waals surface area (Å²) in [6.45, 7) is 2.73. The van der Waals surface area contributed by atoms with Crippen LogP contribution >= 0.6 is 0 Å². The molecule has 4 heteroatoms. The molecule has 0 amide bonds. The van der Waals surface area contributed by atoms with E-state index in [2.05, 4.69) is 5.10 Å². The minimum Gasteiger partial charge on any atom is -0.356 e. The summed E-state index contributed by atoms with van der Waals surface area (Å²) in [5.74, 6) is 0. The summed E-state index contributed by atoms with van der Waals surface area (Å²) < 4.78 is 7.70.